The minimum atomic E-state index is 0.0278. The largest absolute Gasteiger partial charge is 0.494 e. The molecule has 0 unspecified atom stereocenters. The molecule has 0 spiro atoms. The van der Waals surface area contributed by atoms with Crippen LogP contribution in [0.5, 0.6) is 5.75 Å². The number of ether oxygens (including phenoxy) is 2. The molecule has 1 rings (SSSR count). The third-order valence-corrected chi connectivity index (χ3v) is 2.48. The number of unbranched alkanes of at least 4 members (excludes halogenated alkanes) is 3. The van der Waals surface area contributed by atoms with E-state index in [-0.39, 0.29) is 13.2 Å². The van der Waals surface area contributed by atoms with Crippen LogP contribution in [0, 0.1) is 0 Å². The lowest BCUT2D eigenvalue weighted by Crippen LogP contribution is -2.03. The van der Waals surface area contributed by atoms with E-state index >= 15 is 0 Å². The van der Waals surface area contributed by atoms with Crippen molar-refractivity contribution in [2.24, 2.45) is 0 Å². The predicted molar refractivity (Wildman–Crippen MR) is 81.1 cm³/mol. The second-order valence-electron chi connectivity index (χ2n) is 4.28. The van der Waals surface area contributed by atoms with Gasteiger partial charge >= 0.3 is 0 Å². The second kappa shape index (κ2) is 16.0. The summed E-state index contributed by atoms with van der Waals surface area (Å²) in [5.41, 5.74) is 0. The van der Waals surface area contributed by atoms with E-state index < -0.39 is 0 Å². The number of benzene rings is 1. The highest BCUT2D eigenvalue weighted by atomic mass is 16.5. The van der Waals surface area contributed by atoms with E-state index in [9.17, 15) is 0 Å². The van der Waals surface area contributed by atoms with Crippen molar-refractivity contribution in [3.8, 4) is 5.75 Å². The molecule has 4 nitrogen and oxygen atoms in total. The summed E-state index contributed by atoms with van der Waals surface area (Å²) < 4.78 is 10.2. The van der Waals surface area contributed by atoms with E-state index in [1.807, 2.05) is 30.3 Å². The molecule has 0 atom stereocenters. The quantitative estimate of drug-likeness (QED) is 0.648. The maximum atomic E-state index is 8.09. The molecule has 0 radical (unpaired) electrons. The average molecular weight is 284 g/mol. The number of hydrogen-bond acceptors (Lipinski definition) is 4. The summed E-state index contributed by atoms with van der Waals surface area (Å²) in [4.78, 5) is 0. The van der Waals surface area contributed by atoms with E-state index in [1.54, 1.807) is 0 Å². The SMILES string of the molecule is CCCCCCOc1ccccc1.OCCOCCO. The Labute approximate surface area is 122 Å². The van der Waals surface area contributed by atoms with Crippen LogP contribution in [-0.4, -0.2) is 43.2 Å². The van der Waals surface area contributed by atoms with Crippen LogP contribution in [0.1, 0.15) is 32.6 Å². The Morgan fingerprint density at radius 2 is 1.50 bits per heavy atom. The smallest absolute Gasteiger partial charge is 0.119 e. The summed E-state index contributed by atoms with van der Waals surface area (Å²) >= 11 is 0. The first-order valence-electron chi connectivity index (χ1n) is 7.32. The Bertz CT molecular complexity index is 273. The standard InChI is InChI=1S/C12H18O.C4H10O3/c1-2-3-4-8-11-13-12-9-6-5-7-10-12;5-1-3-7-4-2-6/h5-7,9-10H,2-4,8,11H2,1H3;5-6H,1-4H2. The van der Waals surface area contributed by atoms with E-state index in [1.165, 1.54) is 25.7 Å². The molecule has 0 bridgehead atoms. The van der Waals surface area contributed by atoms with Gasteiger partial charge in [-0.1, -0.05) is 44.4 Å². The molecular weight excluding hydrogens is 256 g/mol. The summed E-state index contributed by atoms with van der Waals surface area (Å²) in [6, 6.07) is 10.0. The molecule has 0 aliphatic carbocycles. The second-order valence-corrected chi connectivity index (χ2v) is 4.28. The van der Waals surface area contributed by atoms with Gasteiger partial charge in [-0.15, -0.1) is 0 Å². The Kier molecular flexibility index (Phi) is 15.1. The van der Waals surface area contributed by atoms with E-state index in [2.05, 4.69) is 11.7 Å². The molecular formula is C16H28O4. The van der Waals surface area contributed by atoms with Crippen molar-refractivity contribution in [2.75, 3.05) is 33.0 Å². The maximum Gasteiger partial charge on any atom is 0.119 e. The van der Waals surface area contributed by atoms with Crippen LogP contribution in [0.25, 0.3) is 0 Å². The van der Waals surface area contributed by atoms with Crippen LogP contribution in [0.4, 0.5) is 0 Å². The zero-order chi connectivity index (χ0) is 14.9. The normalized spacial score (nSPS) is 9.75. The zero-order valence-corrected chi connectivity index (χ0v) is 12.5. The fourth-order valence-corrected chi connectivity index (χ4v) is 1.47. The molecule has 20 heavy (non-hydrogen) atoms. The molecule has 0 aromatic heterocycles. The van der Waals surface area contributed by atoms with Crippen LogP contribution in [0.15, 0.2) is 30.3 Å². The topological polar surface area (TPSA) is 58.9 Å². The van der Waals surface area contributed by atoms with Gasteiger partial charge in [-0.2, -0.15) is 0 Å². The number of para-hydroxylation sites is 1. The first-order valence-corrected chi connectivity index (χ1v) is 7.32. The van der Waals surface area contributed by atoms with Crippen molar-refractivity contribution in [2.45, 2.75) is 32.6 Å². The van der Waals surface area contributed by atoms with Crippen LogP contribution in [0.2, 0.25) is 0 Å². The predicted octanol–water partition coefficient (Wildman–Crippen LogP) is 2.63. The maximum absolute atomic E-state index is 8.09. The van der Waals surface area contributed by atoms with Gasteiger partial charge in [-0.05, 0) is 18.6 Å². The highest BCUT2D eigenvalue weighted by Gasteiger charge is 1.91. The molecule has 0 amide bonds. The van der Waals surface area contributed by atoms with Crippen molar-refractivity contribution in [3.05, 3.63) is 30.3 Å². The summed E-state index contributed by atoms with van der Waals surface area (Å²) in [7, 11) is 0. The molecule has 2 N–H and O–H groups in total. The molecule has 1 aromatic carbocycles. The molecule has 1 aromatic rings. The molecule has 0 aliphatic rings. The Morgan fingerprint density at radius 1 is 0.850 bits per heavy atom. The van der Waals surface area contributed by atoms with E-state index in [0.717, 1.165) is 12.4 Å². The molecule has 4 heteroatoms. The number of rotatable bonds is 10. The summed E-state index contributed by atoms with van der Waals surface area (Å²) in [6.07, 6.45) is 5.05. The van der Waals surface area contributed by atoms with Crippen molar-refractivity contribution in [1.82, 2.24) is 0 Å². The van der Waals surface area contributed by atoms with Gasteiger partial charge in [0.25, 0.3) is 0 Å². The average Bonchev–Trinajstić information content (AvgIpc) is 2.49. The van der Waals surface area contributed by atoms with Crippen molar-refractivity contribution in [3.63, 3.8) is 0 Å². The molecule has 0 heterocycles. The van der Waals surface area contributed by atoms with Gasteiger partial charge in [0, 0.05) is 0 Å². The van der Waals surface area contributed by atoms with Crippen LogP contribution in [0.3, 0.4) is 0 Å². The molecule has 0 fully saturated rings. The van der Waals surface area contributed by atoms with Gasteiger partial charge in [-0.3, -0.25) is 0 Å². The van der Waals surface area contributed by atoms with Gasteiger partial charge in [0.1, 0.15) is 5.75 Å². The highest BCUT2D eigenvalue weighted by molar-refractivity contribution is 5.20. The number of aliphatic hydroxyl groups is 2. The summed E-state index contributed by atoms with van der Waals surface area (Å²) in [5.74, 6) is 0.985. The minimum Gasteiger partial charge on any atom is -0.494 e. The van der Waals surface area contributed by atoms with Gasteiger partial charge in [0.05, 0.1) is 33.0 Å². The number of hydrogen-bond donors (Lipinski definition) is 2. The Hall–Kier alpha value is -1.10. The third kappa shape index (κ3) is 13.3. The van der Waals surface area contributed by atoms with E-state index in [0.29, 0.717) is 13.2 Å². The van der Waals surface area contributed by atoms with Crippen molar-refractivity contribution < 1.29 is 19.7 Å². The fraction of sp³-hybridized carbons (Fsp3) is 0.625. The fourth-order valence-electron chi connectivity index (χ4n) is 1.47. The van der Waals surface area contributed by atoms with Gasteiger partial charge in [0.15, 0.2) is 0 Å². The third-order valence-electron chi connectivity index (χ3n) is 2.48. The Morgan fingerprint density at radius 3 is 2.05 bits per heavy atom. The molecule has 0 saturated carbocycles. The Balaban J connectivity index is 0.000000441. The van der Waals surface area contributed by atoms with Crippen LogP contribution in [-0.2, 0) is 4.74 Å². The molecule has 0 aliphatic heterocycles. The van der Waals surface area contributed by atoms with Crippen LogP contribution < -0.4 is 4.74 Å². The molecule has 0 saturated heterocycles. The van der Waals surface area contributed by atoms with Gasteiger partial charge < -0.3 is 19.7 Å². The lowest BCUT2D eigenvalue weighted by atomic mass is 10.2. The van der Waals surface area contributed by atoms with Gasteiger partial charge in [-0.25, -0.2) is 0 Å². The highest BCUT2D eigenvalue weighted by Crippen LogP contribution is 2.09. The van der Waals surface area contributed by atoms with Crippen molar-refractivity contribution >= 4 is 0 Å². The van der Waals surface area contributed by atoms with E-state index in [4.69, 9.17) is 14.9 Å². The van der Waals surface area contributed by atoms with Crippen LogP contribution >= 0.6 is 0 Å². The lowest BCUT2D eigenvalue weighted by Gasteiger charge is -2.04. The number of aliphatic hydroxyl groups excluding tert-OH is 2. The monoisotopic (exact) mass is 284 g/mol. The first-order chi connectivity index (χ1) is 9.85. The summed E-state index contributed by atoms with van der Waals surface area (Å²) in [5, 5.41) is 16.2. The summed E-state index contributed by atoms with van der Waals surface area (Å²) in [6.45, 7) is 3.77. The lowest BCUT2D eigenvalue weighted by molar-refractivity contribution is 0.0650. The molecule has 116 valence electrons. The first kappa shape index (κ1) is 18.9. The minimum absolute atomic E-state index is 0.0278. The van der Waals surface area contributed by atoms with Crippen molar-refractivity contribution in [1.29, 1.82) is 0 Å². The zero-order valence-electron chi connectivity index (χ0n) is 12.5. The van der Waals surface area contributed by atoms with Gasteiger partial charge in [0.2, 0.25) is 0 Å².